The average molecular weight is 417 g/mol. The van der Waals surface area contributed by atoms with E-state index in [1.165, 1.54) is 0 Å². The first-order valence-corrected chi connectivity index (χ1v) is 9.58. The van der Waals surface area contributed by atoms with Crippen molar-refractivity contribution in [2.75, 3.05) is 18.5 Å². The molecule has 2 rings (SSSR count). The minimum Gasteiger partial charge on any atom is -0.456 e. The first-order valence-electron chi connectivity index (χ1n) is 9.58. The predicted molar refractivity (Wildman–Crippen MR) is 110 cm³/mol. The molecule has 0 saturated carbocycles. The molecule has 2 amide bonds. The summed E-state index contributed by atoms with van der Waals surface area (Å²) in [6, 6.07) is 9.29. The van der Waals surface area contributed by atoms with E-state index in [1.807, 2.05) is 31.2 Å². The smallest absolute Gasteiger partial charge is 0.407 e. The average Bonchev–Trinajstić information content (AvgIpc) is 3.11. The molecule has 2 N–H and O–H groups in total. The number of alkyl carbamates (subject to hydrolysis) is 1. The van der Waals surface area contributed by atoms with Gasteiger partial charge in [-0.15, -0.1) is 0 Å². The summed E-state index contributed by atoms with van der Waals surface area (Å²) in [6.07, 6.45) is -0.127. The summed E-state index contributed by atoms with van der Waals surface area (Å²) in [5.74, 6) is -0.927. The van der Waals surface area contributed by atoms with Crippen LogP contribution in [0.4, 0.5) is 10.7 Å². The predicted octanol–water partition coefficient (Wildman–Crippen LogP) is 3.44. The fraction of sp³-hybridized carbons (Fsp3) is 0.429. The lowest BCUT2D eigenvalue weighted by atomic mass is 10.1. The van der Waals surface area contributed by atoms with Crippen molar-refractivity contribution in [2.45, 2.75) is 46.1 Å². The number of nitrogens with one attached hydrogen (secondary N) is 2. The number of carbonyl (C=O) groups excluding carboxylic acids is 3. The van der Waals surface area contributed by atoms with Crippen molar-refractivity contribution in [3.05, 3.63) is 35.9 Å². The molecule has 162 valence electrons. The molecule has 0 saturated heterocycles. The van der Waals surface area contributed by atoms with Gasteiger partial charge in [0.15, 0.2) is 6.61 Å². The molecule has 1 aromatic heterocycles. The van der Waals surface area contributed by atoms with Crippen LogP contribution in [0.25, 0.3) is 11.3 Å². The van der Waals surface area contributed by atoms with Crippen molar-refractivity contribution in [2.24, 2.45) is 0 Å². The summed E-state index contributed by atoms with van der Waals surface area (Å²) in [4.78, 5) is 35.1. The number of ether oxygens (including phenoxy) is 2. The second-order valence-electron chi connectivity index (χ2n) is 7.68. The topological polar surface area (TPSA) is 120 Å². The molecular formula is C21H27N3O6. The number of aromatic nitrogens is 1. The van der Waals surface area contributed by atoms with Crippen LogP contribution < -0.4 is 10.6 Å². The van der Waals surface area contributed by atoms with Crippen LogP contribution in [0.1, 0.15) is 39.2 Å². The van der Waals surface area contributed by atoms with E-state index < -0.39 is 30.2 Å². The molecular weight excluding hydrogens is 390 g/mol. The number of carbonyl (C=O) groups is 3. The molecule has 0 spiro atoms. The SMILES string of the molecule is Cc1ccc(-c2cc(NC(=O)COC(=O)CCCNC(=O)OC(C)(C)C)on2)cc1. The van der Waals surface area contributed by atoms with Crippen molar-refractivity contribution in [1.82, 2.24) is 10.5 Å². The zero-order valence-corrected chi connectivity index (χ0v) is 17.6. The van der Waals surface area contributed by atoms with Crippen molar-refractivity contribution in [3.63, 3.8) is 0 Å². The van der Waals surface area contributed by atoms with Crippen LogP contribution in [0.5, 0.6) is 0 Å². The summed E-state index contributed by atoms with van der Waals surface area (Å²) in [6.45, 7) is 7.08. The highest BCUT2D eigenvalue weighted by Gasteiger charge is 2.16. The highest BCUT2D eigenvalue weighted by atomic mass is 16.6. The van der Waals surface area contributed by atoms with Gasteiger partial charge in [0.05, 0.1) is 0 Å². The second kappa shape index (κ2) is 10.4. The van der Waals surface area contributed by atoms with Gasteiger partial charge >= 0.3 is 12.1 Å². The molecule has 0 atom stereocenters. The zero-order chi connectivity index (χ0) is 22.1. The molecule has 9 nitrogen and oxygen atoms in total. The number of hydrogen-bond donors (Lipinski definition) is 2. The minimum atomic E-state index is -0.583. The van der Waals surface area contributed by atoms with Gasteiger partial charge in [-0.25, -0.2) is 4.79 Å². The first kappa shape index (κ1) is 22.9. The third-order valence-corrected chi connectivity index (χ3v) is 3.71. The lowest BCUT2D eigenvalue weighted by Crippen LogP contribution is -2.33. The maximum atomic E-state index is 11.9. The number of esters is 1. The molecule has 0 radical (unpaired) electrons. The fourth-order valence-electron chi connectivity index (χ4n) is 2.32. The van der Waals surface area contributed by atoms with Crippen LogP contribution in [0.2, 0.25) is 0 Å². The number of aryl methyl sites for hydroxylation is 1. The lowest BCUT2D eigenvalue weighted by Gasteiger charge is -2.19. The van der Waals surface area contributed by atoms with Crippen molar-refractivity contribution in [3.8, 4) is 11.3 Å². The van der Waals surface area contributed by atoms with E-state index in [-0.39, 0.29) is 18.8 Å². The van der Waals surface area contributed by atoms with Crippen LogP contribution >= 0.6 is 0 Å². The molecule has 0 bridgehead atoms. The minimum absolute atomic E-state index is 0.0585. The van der Waals surface area contributed by atoms with E-state index in [1.54, 1.807) is 26.8 Å². The highest BCUT2D eigenvalue weighted by Crippen LogP contribution is 2.21. The maximum Gasteiger partial charge on any atom is 0.407 e. The first-order chi connectivity index (χ1) is 14.1. The molecule has 9 heteroatoms. The van der Waals surface area contributed by atoms with E-state index in [0.717, 1.165) is 11.1 Å². The Balaban J connectivity index is 1.65. The maximum absolute atomic E-state index is 11.9. The number of amides is 2. The van der Waals surface area contributed by atoms with Gasteiger partial charge < -0.3 is 19.3 Å². The Hall–Kier alpha value is -3.36. The standard InChI is InChI=1S/C21H27N3O6/c1-14-7-9-15(10-8-14)16-12-18(30-24-16)23-17(25)13-28-19(26)6-5-11-22-20(27)29-21(2,3)4/h7-10,12H,5-6,11,13H2,1-4H3,(H,22,27)(H,23,25). The molecule has 1 heterocycles. The van der Waals surface area contributed by atoms with Crippen LogP contribution in [0.3, 0.4) is 0 Å². The summed E-state index contributed by atoms with van der Waals surface area (Å²) in [5.41, 5.74) is 1.98. The molecule has 0 aliphatic rings. The molecule has 2 aromatic rings. The van der Waals surface area contributed by atoms with E-state index in [0.29, 0.717) is 12.1 Å². The van der Waals surface area contributed by atoms with Crippen molar-refractivity contribution < 1.29 is 28.4 Å². The third-order valence-electron chi connectivity index (χ3n) is 3.71. The normalized spacial score (nSPS) is 10.9. The van der Waals surface area contributed by atoms with Crippen LogP contribution in [-0.4, -0.2) is 41.9 Å². The van der Waals surface area contributed by atoms with Crippen LogP contribution in [0, 0.1) is 6.92 Å². The van der Waals surface area contributed by atoms with Crippen LogP contribution in [-0.2, 0) is 19.1 Å². The Labute approximate surface area is 175 Å². The quantitative estimate of drug-likeness (QED) is 0.499. The van der Waals surface area contributed by atoms with E-state index in [2.05, 4.69) is 15.8 Å². The van der Waals surface area contributed by atoms with Gasteiger partial charge in [-0.1, -0.05) is 35.0 Å². The Bertz CT molecular complexity index is 868. The molecule has 1 aromatic carbocycles. The van der Waals surface area contributed by atoms with Crippen LogP contribution in [0.15, 0.2) is 34.9 Å². The van der Waals surface area contributed by atoms with Gasteiger partial charge in [0.25, 0.3) is 5.91 Å². The monoisotopic (exact) mass is 417 g/mol. The number of rotatable bonds is 8. The van der Waals surface area contributed by atoms with Gasteiger partial charge in [0.1, 0.15) is 11.3 Å². The Morgan fingerprint density at radius 2 is 1.83 bits per heavy atom. The summed E-state index contributed by atoms with van der Waals surface area (Å²) >= 11 is 0. The Morgan fingerprint density at radius 1 is 1.13 bits per heavy atom. The molecule has 30 heavy (non-hydrogen) atoms. The summed E-state index contributed by atoms with van der Waals surface area (Å²) < 4.78 is 15.1. The van der Waals surface area contributed by atoms with Crippen molar-refractivity contribution >= 4 is 23.9 Å². The summed E-state index contributed by atoms with van der Waals surface area (Å²) in [7, 11) is 0. The Morgan fingerprint density at radius 3 is 2.50 bits per heavy atom. The highest BCUT2D eigenvalue weighted by molar-refractivity contribution is 5.92. The molecule has 0 fully saturated rings. The molecule has 0 aliphatic heterocycles. The Kier molecular flexibility index (Phi) is 7.97. The number of benzene rings is 1. The van der Waals surface area contributed by atoms with E-state index in [9.17, 15) is 14.4 Å². The van der Waals surface area contributed by atoms with Gasteiger partial charge in [-0.3, -0.25) is 14.9 Å². The van der Waals surface area contributed by atoms with Gasteiger partial charge in [0, 0.05) is 24.6 Å². The zero-order valence-electron chi connectivity index (χ0n) is 17.6. The van der Waals surface area contributed by atoms with Crippen molar-refractivity contribution in [1.29, 1.82) is 0 Å². The lowest BCUT2D eigenvalue weighted by molar-refractivity contribution is -0.147. The molecule has 0 unspecified atom stereocenters. The van der Waals surface area contributed by atoms with Gasteiger partial charge in [-0.2, -0.15) is 0 Å². The fourth-order valence-corrected chi connectivity index (χ4v) is 2.32. The second-order valence-corrected chi connectivity index (χ2v) is 7.68. The van der Waals surface area contributed by atoms with Gasteiger partial charge in [-0.05, 0) is 34.1 Å². The number of nitrogens with zero attached hydrogens (tertiary/aromatic N) is 1. The number of hydrogen-bond acceptors (Lipinski definition) is 7. The largest absolute Gasteiger partial charge is 0.456 e. The van der Waals surface area contributed by atoms with E-state index >= 15 is 0 Å². The molecule has 0 aliphatic carbocycles. The van der Waals surface area contributed by atoms with E-state index in [4.69, 9.17) is 14.0 Å². The number of anilines is 1. The van der Waals surface area contributed by atoms with Gasteiger partial charge in [0.2, 0.25) is 5.88 Å². The third kappa shape index (κ3) is 8.34. The summed E-state index contributed by atoms with van der Waals surface area (Å²) in [5, 5.41) is 8.94.